The predicted octanol–water partition coefficient (Wildman–Crippen LogP) is 5.09. The highest BCUT2D eigenvalue weighted by atomic mass is 19.4. The van der Waals surface area contributed by atoms with E-state index in [-0.39, 0.29) is 5.75 Å². The topological polar surface area (TPSA) is 55.0 Å². The van der Waals surface area contributed by atoms with Crippen molar-refractivity contribution >= 4 is 17.4 Å². The van der Waals surface area contributed by atoms with Crippen LogP contribution in [0.25, 0.3) is 0 Å². The summed E-state index contributed by atoms with van der Waals surface area (Å²) >= 11 is 0. The number of halogens is 3. The Balaban J connectivity index is 1.77. The molecule has 9 heteroatoms. The Bertz CT molecular complexity index is 1140. The molecular weight excluding hydrogens is 431 g/mol. The standard InChI is InChI=1S/C24H26F3N5O/c1-16-12-20(15-32(16)14-18-6-11-22(29-13-18)31(4)5)17(2)30-23(28-3)19-7-9-21(10-8-19)33-24(25,26)27/h6-13,15H,14H2,1-5H3. The summed E-state index contributed by atoms with van der Waals surface area (Å²) in [5.41, 5.74) is 4.42. The first-order valence-electron chi connectivity index (χ1n) is 10.2. The average molecular weight is 458 g/mol. The molecule has 3 rings (SSSR count). The van der Waals surface area contributed by atoms with Gasteiger partial charge in [0.05, 0.1) is 0 Å². The molecule has 0 saturated carbocycles. The van der Waals surface area contributed by atoms with E-state index < -0.39 is 6.36 Å². The molecule has 6 nitrogen and oxygen atoms in total. The van der Waals surface area contributed by atoms with Gasteiger partial charge >= 0.3 is 6.36 Å². The van der Waals surface area contributed by atoms with E-state index in [1.54, 1.807) is 7.05 Å². The van der Waals surface area contributed by atoms with E-state index in [0.717, 1.165) is 28.4 Å². The summed E-state index contributed by atoms with van der Waals surface area (Å²) < 4.78 is 43.2. The molecule has 0 unspecified atom stereocenters. The van der Waals surface area contributed by atoms with Crippen LogP contribution in [0.4, 0.5) is 19.0 Å². The van der Waals surface area contributed by atoms with Gasteiger partial charge in [-0.2, -0.15) is 0 Å². The van der Waals surface area contributed by atoms with E-state index in [1.807, 2.05) is 57.4 Å². The van der Waals surface area contributed by atoms with Crippen molar-refractivity contribution in [3.8, 4) is 5.75 Å². The van der Waals surface area contributed by atoms with Gasteiger partial charge in [0.1, 0.15) is 11.6 Å². The lowest BCUT2D eigenvalue weighted by molar-refractivity contribution is -0.274. The van der Waals surface area contributed by atoms with E-state index in [2.05, 4.69) is 30.3 Å². The molecule has 0 aliphatic carbocycles. The summed E-state index contributed by atoms with van der Waals surface area (Å²) in [5, 5.41) is 0. The van der Waals surface area contributed by atoms with Crippen molar-refractivity contribution in [1.82, 2.24) is 9.55 Å². The molecule has 0 saturated heterocycles. The number of anilines is 1. The first-order chi connectivity index (χ1) is 15.6. The van der Waals surface area contributed by atoms with Gasteiger partial charge in [0.25, 0.3) is 0 Å². The number of hydrogen-bond donors (Lipinski definition) is 0. The fourth-order valence-electron chi connectivity index (χ4n) is 3.23. The summed E-state index contributed by atoms with van der Waals surface area (Å²) in [6, 6.07) is 11.6. The summed E-state index contributed by atoms with van der Waals surface area (Å²) in [6.45, 7) is 4.57. The van der Waals surface area contributed by atoms with Gasteiger partial charge in [-0.25, -0.2) is 9.98 Å². The highest BCUT2D eigenvalue weighted by molar-refractivity contribution is 6.11. The predicted molar refractivity (Wildman–Crippen MR) is 125 cm³/mol. The molecule has 0 aliphatic rings. The monoisotopic (exact) mass is 457 g/mol. The lowest BCUT2D eigenvalue weighted by Gasteiger charge is -2.12. The molecule has 0 spiro atoms. The van der Waals surface area contributed by atoms with Crippen LogP contribution in [0.5, 0.6) is 5.75 Å². The lowest BCUT2D eigenvalue weighted by Crippen LogP contribution is -2.17. The summed E-state index contributed by atoms with van der Waals surface area (Å²) in [5.74, 6) is 1.03. The minimum absolute atomic E-state index is 0.289. The Kier molecular flexibility index (Phi) is 7.20. The van der Waals surface area contributed by atoms with Crippen LogP contribution in [-0.2, 0) is 6.54 Å². The van der Waals surface area contributed by atoms with Crippen LogP contribution in [0.2, 0.25) is 0 Å². The second-order valence-electron chi connectivity index (χ2n) is 7.73. The zero-order valence-corrected chi connectivity index (χ0v) is 19.2. The number of rotatable bonds is 6. The van der Waals surface area contributed by atoms with E-state index in [9.17, 15) is 13.2 Å². The smallest absolute Gasteiger partial charge is 0.406 e. The number of pyridine rings is 1. The average Bonchev–Trinajstić information content (AvgIpc) is 3.12. The number of ether oxygens (including phenoxy) is 1. The molecule has 174 valence electrons. The molecule has 2 heterocycles. The largest absolute Gasteiger partial charge is 0.573 e. The zero-order valence-electron chi connectivity index (χ0n) is 19.2. The van der Waals surface area contributed by atoms with Gasteiger partial charge in [-0.05, 0) is 55.8 Å². The van der Waals surface area contributed by atoms with Gasteiger partial charge in [-0.1, -0.05) is 6.07 Å². The minimum atomic E-state index is -4.73. The quantitative estimate of drug-likeness (QED) is 0.383. The molecule has 0 radical (unpaired) electrons. The molecule has 2 aromatic heterocycles. The van der Waals surface area contributed by atoms with Crippen molar-refractivity contribution in [2.45, 2.75) is 26.8 Å². The summed E-state index contributed by atoms with van der Waals surface area (Å²) in [6.07, 6.45) is -0.849. The van der Waals surface area contributed by atoms with Crippen molar-refractivity contribution in [3.05, 3.63) is 77.2 Å². The number of aliphatic imine (C=N–C) groups is 2. The summed E-state index contributed by atoms with van der Waals surface area (Å²) in [7, 11) is 5.49. The fourth-order valence-corrected chi connectivity index (χ4v) is 3.23. The number of nitrogens with zero attached hydrogens (tertiary/aromatic N) is 5. The van der Waals surface area contributed by atoms with Crippen molar-refractivity contribution in [2.24, 2.45) is 9.98 Å². The SMILES string of the molecule is CN=C(N=C(C)c1cc(C)n(Cc2ccc(N(C)C)nc2)c1)c1ccc(OC(F)(F)F)cc1. The molecule has 3 aromatic rings. The van der Waals surface area contributed by atoms with Gasteiger partial charge in [-0.15, -0.1) is 13.2 Å². The van der Waals surface area contributed by atoms with Gasteiger partial charge in [0.2, 0.25) is 0 Å². The van der Waals surface area contributed by atoms with Crippen LogP contribution >= 0.6 is 0 Å². The second kappa shape index (κ2) is 9.89. The summed E-state index contributed by atoms with van der Waals surface area (Å²) in [4.78, 5) is 15.2. The number of aryl methyl sites for hydroxylation is 1. The first kappa shape index (κ1) is 24.0. The van der Waals surface area contributed by atoms with Crippen LogP contribution in [0, 0.1) is 6.92 Å². The molecule has 0 aliphatic heterocycles. The van der Waals surface area contributed by atoms with Crippen molar-refractivity contribution in [3.63, 3.8) is 0 Å². The molecule has 0 N–H and O–H groups in total. The molecule has 0 fully saturated rings. The Morgan fingerprint density at radius 1 is 1.09 bits per heavy atom. The van der Waals surface area contributed by atoms with E-state index in [1.165, 1.54) is 24.3 Å². The van der Waals surface area contributed by atoms with Gasteiger partial charge in [0.15, 0.2) is 5.84 Å². The molecule has 1 aromatic carbocycles. The molecule has 0 atom stereocenters. The molecule has 0 bridgehead atoms. The maximum Gasteiger partial charge on any atom is 0.573 e. The first-order valence-corrected chi connectivity index (χ1v) is 10.2. The number of hydrogen-bond acceptors (Lipinski definition) is 4. The highest BCUT2D eigenvalue weighted by Crippen LogP contribution is 2.23. The highest BCUT2D eigenvalue weighted by Gasteiger charge is 2.31. The van der Waals surface area contributed by atoms with Crippen LogP contribution < -0.4 is 9.64 Å². The van der Waals surface area contributed by atoms with Gasteiger partial charge < -0.3 is 14.2 Å². The normalized spacial score (nSPS) is 12.7. The van der Waals surface area contributed by atoms with Crippen molar-refractivity contribution < 1.29 is 17.9 Å². The Morgan fingerprint density at radius 3 is 2.33 bits per heavy atom. The van der Waals surface area contributed by atoms with E-state index >= 15 is 0 Å². The van der Waals surface area contributed by atoms with Crippen molar-refractivity contribution in [1.29, 1.82) is 0 Å². The molecular formula is C24H26F3N5O. The van der Waals surface area contributed by atoms with Crippen LogP contribution in [-0.4, -0.2) is 48.6 Å². The van der Waals surface area contributed by atoms with Crippen molar-refractivity contribution in [2.75, 3.05) is 26.0 Å². The lowest BCUT2D eigenvalue weighted by atomic mass is 10.2. The maximum absolute atomic E-state index is 12.4. The van der Waals surface area contributed by atoms with Gasteiger partial charge in [0, 0.05) is 62.6 Å². The molecule has 33 heavy (non-hydrogen) atoms. The van der Waals surface area contributed by atoms with Crippen LogP contribution in [0.1, 0.15) is 29.3 Å². The zero-order chi connectivity index (χ0) is 24.2. The maximum atomic E-state index is 12.4. The second-order valence-corrected chi connectivity index (χ2v) is 7.73. The third-order valence-corrected chi connectivity index (χ3v) is 4.98. The fraction of sp³-hybridized carbons (Fsp3) is 0.292. The van der Waals surface area contributed by atoms with Gasteiger partial charge in [-0.3, -0.25) is 4.99 Å². The number of amidine groups is 1. The Morgan fingerprint density at radius 2 is 1.79 bits per heavy atom. The Hall–Kier alpha value is -3.62. The van der Waals surface area contributed by atoms with E-state index in [0.29, 0.717) is 17.9 Å². The number of aromatic nitrogens is 2. The third kappa shape index (κ3) is 6.44. The van der Waals surface area contributed by atoms with Crippen LogP contribution in [0.3, 0.4) is 0 Å². The minimum Gasteiger partial charge on any atom is -0.406 e. The Labute approximate surface area is 191 Å². The van der Waals surface area contributed by atoms with Crippen LogP contribution in [0.15, 0.2) is 64.8 Å². The van der Waals surface area contributed by atoms with E-state index in [4.69, 9.17) is 0 Å². The molecule has 0 amide bonds. The number of benzene rings is 1. The number of alkyl halides is 3. The third-order valence-electron chi connectivity index (χ3n) is 4.98.